The molecule has 0 spiro atoms. The van der Waals surface area contributed by atoms with Crippen molar-refractivity contribution in [3.63, 3.8) is 0 Å². The lowest BCUT2D eigenvalue weighted by atomic mass is 10.1. The molecular formula is C11H18N2O5. The fourth-order valence-electron chi connectivity index (χ4n) is 1.42. The minimum Gasteiger partial charge on any atom is -0.477 e. The molecule has 102 valence electrons. The molecule has 1 heterocycles. The maximum absolute atomic E-state index is 11.9. The molecule has 0 saturated heterocycles. The second-order valence-electron chi connectivity index (χ2n) is 4.32. The minimum atomic E-state index is -1.16. The minimum absolute atomic E-state index is 0.00352. The van der Waals surface area contributed by atoms with Gasteiger partial charge in [-0.25, -0.2) is 4.79 Å². The maximum Gasteiger partial charge on any atom is 0.353 e. The van der Waals surface area contributed by atoms with E-state index >= 15 is 0 Å². The molecule has 0 fully saturated rings. The topological polar surface area (TPSA) is 88.4 Å². The van der Waals surface area contributed by atoms with E-state index in [0.717, 1.165) is 0 Å². The van der Waals surface area contributed by atoms with Crippen LogP contribution in [0, 0.1) is 0 Å². The van der Waals surface area contributed by atoms with Crippen LogP contribution in [0.3, 0.4) is 0 Å². The van der Waals surface area contributed by atoms with Crippen molar-refractivity contribution in [2.45, 2.75) is 32.5 Å². The fraction of sp³-hybridized carbons (Fsp3) is 0.727. The van der Waals surface area contributed by atoms with Crippen molar-refractivity contribution < 1.29 is 24.3 Å². The van der Waals surface area contributed by atoms with Gasteiger partial charge in [0.25, 0.3) is 5.91 Å². The average Bonchev–Trinajstić information content (AvgIpc) is 2.76. The third-order valence-electron chi connectivity index (χ3n) is 2.45. The highest BCUT2D eigenvalue weighted by Crippen LogP contribution is 2.13. The van der Waals surface area contributed by atoms with Gasteiger partial charge in [-0.15, -0.1) is 0 Å². The van der Waals surface area contributed by atoms with Gasteiger partial charge in [0.15, 0.2) is 5.71 Å². The van der Waals surface area contributed by atoms with Crippen LogP contribution in [-0.2, 0) is 19.2 Å². The smallest absolute Gasteiger partial charge is 0.353 e. The molecular weight excluding hydrogens is 240 g/mol. The van der Waals surface area contributed by atoms with Crippen LogP contribution in [-0.4, -0.2) is 60.0 Å². The number of amides is 1. The van der Waals surface area contributed by atoms with E-state index in [4.69, 9.17) is 14.7 Å². The highest BCUT2D eigenvalue weighted by Gasteiger charge is 2.33. The van der Waals surface area contributed by atoms with Crippen molar-refractivity contribution in [3.05, 3.63) is 0 Å². The summed E-state index contributed by atoms with van der Waals surface area (Å²) >= 11 is 0. The molecule has 0 aromatic rings. The summed E-state index contributed by atoms with van der Waals surface area (Å²) < 4.78 is 5.33. The second kappa shape index (κ2) is 6.34. The first-order valence-corrected chi connectivity index (χ1v) is 5.74. The van der Waals surface area contributed by atoms with Crippen LogP contribution in [0.2, 0.25) is 0 Å². The molecule has 0 radical (unpaired) electrons. The molecule has 1 aliphatic rings. The molecule has 1 rings (SSSR count). The number of rotatable bonds is 6. The number of aliphatic carboxylic acids is 1. The molecule has 1 amide bonds. The van der Waals surface area contributed by atoms with Gasteiger partial charge in [-0.2, -0.15) is 0 Å². The van der Waals surface area contributed by atoms with Gasteiger partial charge in [0.05, 0.1) is 12.7 Å². The second-order valence-corrected chi connectivity index (χ2v) is 4.32. The third kappa shape index (κ3) is 3.99. The van der Waals surface area contributed by atoms with Gasteiger partial charge in [-0.05, 0) is 13.8 Å². The molecule has 7 heteroatoms. The van der Waals surface area contributed by atoms with E-state index in [9.17, 15) is 9.59 Å². The van der Waals surface area contributed by atoms with Gasteiger partial charge in [0.1, 0.15) is 0 Å². The number of carboxylic acids is 1. The van der Waals surface area contributed by atoms with Gasteiger partial charge in [-0.3, -0.25) is 4.79 Å². The third-order valence-corrected chi connectivity index (χ3v) is 2.45. The molecule has 1 unspecified atom stereocenters. The number of carboxylic acid groups (broad SMARTS) is 1. The number of hydrogen-bond donors (Lipinski definition) is 1. The van der Waals surface area contributed by atoms with Crippen LogP contribution in [0.25, 0.3) is 0 Å². The Morgan fingerprint density at radius 2 is 2.28 bits per heavy atom. The summed E-state index contributed by atoms with van der Waals surface area (Å²) in [6.45, 7) is 4.68. The Morgan fingerprint density at radius 3 is 2.78 bits per heavy atom. The molecule has 0 aliphatic carbocycles. The predicted octanol–water partition coefficient (Wildman–Crippen LogP) is 0.0993. The Bertz CT molecular complexity index is 353. The van der Waals surface area contributed by atoms with E-state index in [1.165, 1.54) is 4.90 Å². The molecule has 0 aromatic heterocycles. The van der Waals surface area contributed by atoms with Crippen molar-refractivity contribution >= 4 is 17.6 Å². The quantitative estimate of drug-likeness (QED) is 0.730. The van der Waals surface area contributed by atoms with Crippen LogP contribution in [0.15, 0.2) is 5.16 Å². The molecule has 1 atom stereocenters. The molecule has 18 heavy (non-hydrogen) atoms. The van der Waals surface area contributed by atoms with Gasteiger partial charge in [0, 0.05) is 20.0 Å². The summed E-state index contributed by atoms with van der Waals surface area (Å²) in [5.74, 6) is -1.45. The zero-order valence-electron chi connectivity index (χ0n) is 10.8. The summed E-state index contributed by atoms with van der Waals surface area (Å²) in [7, 11) is 1.62. The highest BCUT2D eigenvalue weighted by atomic mass is 16.6. The van der Waals surface area contributed by atoms with Crippen molar-refractivity contribution in [2.24, 2.45) is 5.16 Å². The first-order valence-electron chi connectivity index (χ1n) is 5.74. The summed E-state index contributed by atoms with van der Waals surface area (Å²) in [4.78, 5) is 28.8. The van der Waals surface area contributed by atoms with Gasteiger partial charge in [0.2, 0.25) is 6.10 Å². The number of likely N-dealkylation sites (N-methyl/N-ethyl adjacent to an activating group) is 1. The molecule has 0 bridgehead atoms. The Morgan fingerprint density at radius 1 is 1.61 bits per heavy atom. The Balaban J connectivity index is 2.35. The molecule has 0 saturated carbocycles. The Kier molecular flexibility index (Phi) is 5.08. The number of nitrogens with zero attached hydrogens (tertiary/aromatic N) is 2. The van der Waals surface area contributed by atoms with E-state index in [1.807, 2.05) is 13.8 Å². The van der Waals surface area contributed by atoms with E-state index < -0.39 is 12.1 Å². The Hall–Kier alpha value is -1.63. The summed E-state index contributed by atoms with van der Waals surface area (Å²) in [6, 6.07) is 0. The number of ether oxygens (including phenoxy) is 1. The normalized spacial score (nSPS) is 18.4. The van der Waals surface area contributed by atoms with Crippen LogP contribution in [0.1, 0.15) is 20.3 Å². The van der Waals surface area contributed by atoms with E-state index in [0.29, 0.717) is 13.2 Å². The predicted molar refractivity (Wildman–Crippen MR) is 63.3 cm³/mol. The number of hydrogen-bond acceptors (Lipinski definition) is 5. The summed E-state index contributed by atoms with van der Waals surface area (Å²) in [6.07, 6.45) is -0.720. The van der Waals surface area contributed by atoms with Crippen LogP contribution in [0.5, 0.6) is 0 Å². The zero-order chi connectivity index (χ0) is 13.7. The van der Waals surface area contributed by atoms with Crippen LogP contribution in [0.4, 0.5) is 0 Å². The van der Waals surface area contributed by atoms with Crippen molar-refractivity contribution in [1.29, 1.82) is 0 Å². The lowest BCUT2D eigenvalue weighted by Crippen LogP contribution is -2.39. The standard InChI is InChI=1S/C11H18N2O5/c1-7(2)17-5-4-13(3)10(14)9-6-8(11(15)16)12-18-9/h7,9H,4-6H2,1-3H3,(H,15,16). The van der Waals surface area contributed by atoms with Crippen LogP contribution < -0.4 is 0 Å². The number of oxime groups is 1. The molecule has 0 aromatic carbocycles. The zero-order valence-corrected chi connectivity index (χ0v) is 10.8. The largest absolute Gasteiger partial charge is 0.477 e. The number of carbonyl (C=O) groups is 2. The molecule has 7 nitrogen and oxygen atoms in total. The van der Waals surface area contributed by atoms with Crippen LogP contribution >= 0.6 is 0 Å². The Labute approximate surface area is 105 Å². The monoisotopic (exact) mass is 258 g/mol. The van der Waals surface area contributed by atoms with Crippen molar-refractivity contribution in [3.8, 4) is 0 Å². The van der Waals surface area contributed by atoms with E-state index in [-0.39, 0.29) is 24.1 Å². The number of carbonyl (C=O) groups excluding carboxylic acids is 1. The maximum atomic E-state index is 11.9. The summed E-state index contributed by atoms with van der Waals surface area (Å²) in [5, 5.41) is 12.1. The van der Waals surface area contributed by atoms with Gasteiger partial charge < -0.3 is 19.6 Å². The lowest BCUT2D eigenvalue weighted by Gasteiger charge is -2.20. The lowest BCUT2D eigenvalue weighted by molar-refractivity contribution is -0.141. The average molecular weight is 258 g/mol. The van der Waals surface area contributed by atoms with Gasteiger partial charge >= 0.3 is 5.97 Å². The molecule has 1 aliphatic heterocycles. The van der Waals surface area contributed by atoms with E-state index in [2.05, 4.69) is 5.16 Å². The van der Waals surface area contributed by atoms with Crippen molar-refractivity contribution in [1.82, 2.24) is 4.90 Å². The SMILES string of the molecule is CC(C)OCCN(C)C(=O)C1CC(C(=O)O)=NO1. The van der Waals surface area contributed by atoms with E-state index in [1.54, 1.807) is 7.05 Å². The first-order chi connectivity index (χ1) is 8.41. The first kappa shape index (κ1) is 14.4. The highest BCUT2D eigenvalue weighted by molar-refractivity contribution is 6.36. The van der Waals surface area contributed by atoms with Crippen molar-refractivity contribution in [2.75, 3.05) is 20.2 Å². The molecule has 1 N–H and O–H groups in total. The fourth-order valence-corrected chi connectivity index (χ4v) is 1.42. The van der Waals surface area contributed by atoms with Gasteiger partial charge in [-0.1, -0.05) is 5.16 Å². The summed E-state index contributed by atoms with van der Waals surface area (Å²) in [5.41, 5.74) is -0.125.